The lowest BCUT2D eigenvalue weighted by Gasteiger charge is -2.24. The van der Waals surface area contributed by atoms with Crippen molar-refractivity contribution in [3.8, 4) is 10.4 Å². The number of carbonyl (C=O) groups is 1. The van der Waals surface area contributed by atoms with Crippen molar-refractivity contribution in [2.75, 3.05) is 5.75 Å². The Morgan fingerprint density at radius 2 is 2.00 bits per heavy atom. The van der Waals surface area contributed by atoms with Gasteiger partial charge in [-0.3, -0.25) is 14.2 Å². The van der Waals surface area contributed by atoms with Crippen LogP contribution in [0.5, 0.6) is 0 Å². The predicted molar refractivity (Wildman–Crippen MR) is 114 cm³/mol. The van der Waals surface area contributed by atoms with Crippen molar-refractivity contribution in [3.63, 3.8) is 0 Å². The summed E-state index contributed by atoms with van der Waals surface area (Å²) < 4.78 is 1.52. The Morgan fingerprint density at radius 1 is 1.30 bits per heavy atom. The highest BCUT2D eigenvalue weighted by Gasteiger charge is 2.19. The van der Waals surface area contributed by atoms with Crippen molar-refractivity contribution in [1.29, 1.82) is 0 Å². The van der Waals surface area contributed by atoms with E-state index in [1.54, 1.807) is 7.05 Å². The van der Waals surface area contributed by atoms with Gasteiger partial charge in [-0.25, -0.2) is 4.98 Å². The molecule has 1 N–H and O–H groups in total. The van der Waals surface area contributed by atoms with Gasteiger partial charge in [-0.1, -0.05) is 49.0 Å². The maximum Gasteiger partial charge on any atom is 0.262 e. The van der Waals surface area contributed by atoms with Crippen LogP contribution in [-0.2, 0) is 11.8 Å². The molecule has 3 rings (SSSR count). The second-order valence-corrected chi connectivity index (χ2v) is 9.00. The van der Waals surface area contributed by atoms with Crippen LogP contribution in [-0.4, -0.2) is 26.8 Å². The number of fused-ring (bicyclic) bond motifs is 1. The highest BCUT2D eigenvalue weighted by atomic mass is 32.2. The normalized spacial score (nSPS) is 11.7. The monoisotopic (exact) mass is 401 g/mol. The Hall–Kier alpha value is -2.12. The summed E-state index contributed by atoms with van der Waals surface area (Å²) in [6, 6.07) is 11.9. The molecule has 0 spiro atoms. The number of benzene rings is 1. The molecule has 0 atom stereocenters. The molecule has 1 aromatic carbocycles. The van der Waals surface area contributed by atoms with Crippen LogP contribution >= 0.6 is 23.1 Å². The first-order valence-corrected chi connectivity index (χ1v) is 10.6. The minimum atomic E-state index is -0.237. The lowest BCUT2D eigenvalue weighted by Crippen LogP contribution is -2.43. The van der Waals surface area contributed by atoms with Gasteiger partial charge in [-0.2, -0.15) is 0 Å². The zero-order valence-electron chi connectivity index (χ0n) is 15.9. The third-order valence-electron chi connectivity index (χ3n) is 4.48. The number of hydrogen-bond donors (Lipinski definition) is 1. The van der Waals surface area contributed by atoms with Crippen molar-refractivity contribution in [2.45, 2.75) is 37.9 Å². The van der Waals surface area contributed by atoms with Gasteiger partial charge in [0, 0.05) is 17.5 Å². The summed E-state index contributed by atoms with van der Waals surface area (Å²) in [5.74, 6) is 0.170. The van der Waals surface area contributed by atoms with Crippen molar-refractivity contribution in [2.24, 2.45) is 7.05 Å². The molecule has 1 amide bonds. The molecule has 0 unspecified atom stereocenters. The molecular formula is C20H23N3O2S2. The van der Waals surface area contributed by atoms with E-state index in [0.29, 0.717) is 15.4 Å². The summed E-state index contributed by atoms with van der Waals surface area (Å²) >= 11 is 2.78. The SMILES string of the molecule is CCC(C)(C)NC(=O)CSc1nc2sc(-c3ccccc3)cc2c(=O)n1C. The second kappa shape index (κ2) is 7.86. The third kappa shape index (κ3) is 4.42. The van der Waals surface area contributed by atoms with Crippen LogP contribution in [0.1, 0.15) is 27.2 Å². The van der Waals surface area contributed by atoms with Crippen LogP contribution < -0.4 is 10.9 Å². The summed E-state index contributed by atoms with van der Waals surface area (Å²) in [6.07, 6.45) is 0.851. The summed E-state index contributed by atoms with van der Waals surface area (Å²) in [5, 5.41) is 4.17. The average molecular weight is 402 g/mol. The van der Waals surface area contributed by atoms with Crippen molar-refractivity contribution in [3.05, 3.63) is 46.8 Å². The van der Waals surface area contributed by atoms with E-state index in [-0.39, 0.29) is 22.8 Å². The summed E-state index contributed by atoms with van der Waals surface area (Å²) in [6.45, 7) is 6.02. The molecule has 27 heavy (non-hydrogen) atoms. The number of nitrogens with zero attached hydrogens (tertiary/aromatic N) is 2. The molecule has 3 aromatic rings. The molecule has 0 bridgehead atoms. The minimum absolute atomic E-state index is 0.0580. The molecule has 0 fully saturated rings. The van der Waals surface area contributed by atoms with Crippen LogP contribution in [0.4, 0.5) is 0 Å². The first-order chi connectivity index (χ1) is 12.8. The lowest BCUT2D eigenvalue weighted by atomic mass is 10.0. The van der Waals surface area contributed by atoms with E-state index in [1.807, 2.05) is 57.2 Å². The van der Waals surface area contributed by atoms with E-state index in [9.17, 15) is 9.59 Å². The smallest absolute Gasteiger partial charge is 0.262 e. The van der Waals surface area contributed by atoms with Gasteiger partial charge in [0.05, 0.1) is 11.1 Å². The largest absolute Gasteiger partial charge is 0.351 e. The number of hydrogen-bond acceptors (Lipinski definition) is 5. The minimum Gasteiger partial charge on any atom is -0.351 e. The van der Waals surface area contributed by atoms with Gasteiger partial charge in [0.2, 0.25) is 5.91 Å². The van der Waals surface area contributed by atoms with Crippen molar-refractivity contribution in [1.82, 2.24) is 14.9 Å². The van der Waals surface area contributed by atoms with Gasteiger partial charge in [-0.05, 0) is 31.9 Å². The molecule has 0 aliphatic carbocycles. The van der Waals surface area contributed by atoms with E-state index in [1.165, 1.54) is 27.7 Å². The number of thioether (sulfide) groups is 1. The standard InChI is InChI=1S/C20H23N3O2S2/c1-5-20(2,3)22-16(24)12-26-19-21-17-14(18(25)23(19)4)11-15(27-17)13-9-7-6-8-10-13/h6-11H,5,12H2,1-4H3,(H,22,24). The van der Waals surface area contributed by atoms with Gasteiger partial charge in [0.1, 0.15) is 4.83 Å². The summed E-state index contributed by atoms with van der Waals surface area (Å²) in [7, 11) is 1.70. The molecule has 0 aliphatic rings. The van der Waals surface area contributed by atoms with Gasteiger partial charge in [0.25, 0.3) is 5.56 Å². The Kier molecular flexibility index (Phi) is 5.72. The van der Waals surface area contributed by atoms with Crippen LogP contribution in [0.15, 0.2) is 46.3 Å². The second-order valence-electron chi connectivity index (χ2n) is 7.03. The van der Waals surface area contributed by atoms with Gasteiger partial charge >= 0.3 is 0 Å². The van der Waals surface area contributed by atoms with Crippen molar-refractivity contribution >= 4 is 39.2 Å². The summed E-state index contributed by atoms with van der Waals surface area (Å²) in [4.78, 5) is 31.3. The zero-order valence-corrected chi connectivity index (χ0v) is 17.5. The molecule has 7 heteroatoms. The Labute approximate surface area is 166 Å². The number of amides is 1. The zero-order chi connectivity index (χ0) is 19.6. The molecule has 2 heterocycles. The highest BCUT2D eigenvalue weighted by molar-refractivity contribution is 7.99. The maximum atomic E-state index is 12.7. The molecule has 0 aliphatic heterocycles. The fourth-order valence-electron chi connectivity index (χ4n) is 2.55. The first-order valence-electron chi connectivity index (χ1n) is 8.80. The molecule has 5 nitrogen and oxygen atoms in total. The summed E-state index contributed by atoms with van der Waals surface area (Å²) in [5.41, 5.74) is 0.743. The average Bonchev–Trinajstić information content (AvgIpc) is 3.08. The number of rotatable bonds is 6. The molecule has 0 radical (unpaired) electrons. The van der Waals surface area contributed by atoms with Crippen LogP contribution in [0.25, 0.3) is 20.7 Å². The van der Waals surface area contributed by atoms with Gasteiger partial charge < -0.3 is 5.32 Å². The van der Waals surface area contributed by atoms with Crippen LogP contribution in [0, 0.1) is 0 Å². The Bertz CT molecular complexity index is 1020. The number of nitrogens with one attached hydrogen (secondary N) is 1. The molecular weight excluding hydrogens is 378 g/mol. The Balaban J connectivity index is 1.86. The third-order valence-corrected chi connectivity index (χ3v) is 6.59. The predicted octanol–water partition coefficient (Wildman–Crippen LogP) is 4.06. The fraction of sp³-hybridized carbons (Fsp3) is 0.350. The van der Waals surface area contributed by atoms with Crippen LogP contribution in [0.3, 0.4) is 0 Å². The first kappa shape index (κ1) is 19.6. The van der Waals surface area contributed by atoms with E-state index in [4.69, 9.17) is 0 Å². The molecule has 0 saturated carbocycles. The number of carbonyl (C=O) groups excluding carboxylic acids is 1. The van der Waals surface area contributed by atoms with Crippen molar-refractivity contribution < 1.29 is 4.79 Å². The molecule has 0 saturated heterocycles. The maximum absolute atomic E-state index is 12.7. The molecule has 2 aromatic heterocycles. The van der Waals surface area contributed by atoms with Crippen LogP contribution in [0.2, 0.25) is 0 Å². The van der Waals surface area contributed by atoms with E-state index in [2.05, 4.69) is 10.3 Å². The number of aromatic nitrogens is 2. The topological polar surface area (TPSA) is 64.0 Å². The Morgan fingerprint density at radius 3 is 2.67 bits per heavy atom. The quantitative estimate of drug-likeness (QED) is 0.500. The van der Waals surface area contributed by atoms with E-state index in [0.717, 1.165) is 16.9 Å². The van der Waals surface area contributed by atoms with E-state index < -0.39 is 0 Å². The van der Waals surface area contributed by atoms with Gasteiger partial charge in [-0.15, -0.1) is 11.3 Å². The fourth-order valence-corrected chi connectivity index (χ4v) is 4.40. The highest BCUT2D eigenvalue weighted by Crippen LogP contribution is 2.31. The molecule has 142 valence electrons. The van der Waals surface area contributed by atoms with E-state index >= 15 is 0 Å². The lowest BCUT2D eigenvalue weighted by molar-refractivity contribution is -0.120. The van der Waals surface area contributed by atoms with Gasteiger partial charge in [0.15, 0.2) is 5.16 Å². The number of thiophene rings is 1.